The molecule has 0 spiro atoms. The molecule has 4 aromatic rings. The van der Waals surface area contributed by atoms with Crippen molar-refractivity contribution in [2.75, 3.05) is 11.9 Å². The van der Waals surface area contributed by atoms with Crippen molar-refractivity contribution in [1.82, 2.24) is 14.8 Å². The smallest absolute Gasteiger partial charge is 0.418 e. The van der Waals surface area contributed by atoms with E-state index in [9.17, 15) is 14.4 Å². The minimum absolute atomic E-state index is 0.0559. The molecule has 3 aliphatic rings. The molecule has 5 atom stereocenters. The zero-order chi connectivity index (χ0) is 30.8. The van der Waals surface area contributed by atoms with Gasteiger partial charge in [0, 0.05) is 36.0 Å². The fraction of sp³-hybridized carbons (Fsp3) is 0.324. The lowest BCUT2D eigenvalue weighted by atomic mass is 9.80. The lowest BCUT2D eigenvalue weighted by Gasteiger charge is -2.42. The molecule has 2 N–H and O–H groups in total. The number of nitrogens with zero attached hydrogens (tertiary/aromatic N) is 2. The fourth-order valence-corrected chi connectivity index (χ4v) is 7.52. The summed E-state index contributed by atoms with van der Waals surface area (Å²) >= 11 is 0. The van der Waals surface area contributed by atoms with Gasteiger partial charge in [-0.3, -0.25) is 14.2 Å². The summed E-state index contributed by atoms with van der Waals surface area (Å²) in [7, 11) is 0. The molecule has 3 heterocycles. The Kier molecular flexibility index (Phi) is 8.11. The van der Waals surface area contributed by atoms with Crippen molar-refractivity contribution >= 4 is 23.6 Å². The number of benzene rings is 3. The molecule has 7 rings (SSSR count). The first-order chi connectivity index (χ1) is 22.1. The van der Waals surface area contributed by atoms with Crippen molar-refractivity contribution in [3.8, 4) is 0 Å². The third kappa shape index (κ3) is 5.72. The van der Waals surface area contributed by atoms with Crippen LogP contribution in [0, 0.1) is 11.8 Å². The second-order valence-corrected chi connectivity index (χ2v) is 12.3. The van der Waals surface area contributed by atoms with Gasteiger partial charge in [0.2, 0.25) is 5.91 Å². The van der Waals surface area contributed by atoms with Crippen molar-refractivity contribution in [3.63, 3.8) is 0 Å². The summed E-state index contributed by atoms with van der Waals surface area (Å²) in [5.41, 5.74) is 4.41. The second-order valence-electron chi connectivity index (χ2n) is 12.3. The average molecular weight is 603 g/mol. The predicted octanol–water partition coefficient (Wildman–Crippen LogP) is 6.72. The van der Waals surface area contributed by atoms with E-state index in [4.69, 9.17) is 4.74 Å². The van der Waals surface area contributed by atoms with Crippen LogP contribution in [0.2, 0.25) is 0 Å². The Bertz CT molecular complexity index is 1670. The highest BCUT2D eigenvalue weighted by molar-refractivity contribution is 5.95. The summed E-state index contributed by atoms with van der Waals surface area (Å²) < 4.78 is 7.29. The Labute approximate surface area is 263 Å². The molecule has 8 nitrogen and oxygen atoms in total. The lowest BCUT2D eigenvalue weighted by Crippen LogP contribution is -2.50. The number of aromatic nitrogens is 1. The highest BCUT2D eigenvalue weighted by Gasteiger charge is 2.49. The first-order valence-electron chi connectivity index (χ1n) is 16.0. The van der Waals surface area contributed by atoms with E-state index < -0.39 is 6.09 Å². The van der Waals surface area contributed by atoms with Crippen LogP contribution in [0.5, 0.6) is 0 Å². The van der Waals surface area contributed by atoms with Crippen molar-refractivity contribution in [2.45, 2.75) is 56.8 Å². The van der Waals surface area contributed by atoms with Crippen molar-refractivity contribution in [2.24, 2.45) is 11.8 Å². The summed E-state index contributed by atoms with van der Waals surface area (Å²) in [6.07, 6.45) is 5.61. The van der Waals surface area contributed by atoms with Crippen molar-refractivity contribution in [1.29, 1.82) is 0 Å². The number of anilines is 1. The van der Waals surface area contributed by atoms with Crippen LogP contribution in [0.15, 0.2) is 103 Å². The van der Waals surface area contributed by atoms with Crippen molar-refractivity contribution < 1.29 is 19.1 Å². The third-order valence-electron chi connectivity index (χ3n) is 9.68. The molecular weight excluding hydrogens is 564 g/mol. The molecule has 2 fully saturated rings. The van der Waals surface area contributed by atoms with Crippen LogP contribution in [0.3, 0.4) is 0 Å². The molecule has 0 bridgehead atoms. The third-order valence-corrected chi connectivity index (χ3v) is 9.68. The topological polar surface area (TPSA) is 92.7 Å². The van der Waals surface area contributed by atoms with Gasteiger partial charge >= 0.3 is 6.09 Å². The van der Waals surface area contributed by atoms with Crippen LogP contribution in [0.1, 0.15) is 71.4 Å². The Hall–Kier alpha value is -4.85. The van der Waals surface area contributed by atoms with Crippen LogP contribution in [-0.2, 0) is 16.1 Å². The second kappa shape index (κ2) is 12.6. The van der Waals surface area contributed by atoms with Crippen LogP contribution >= 0.6 is 0 Å². The lowest BCUT2D eigenvalue weighted by molar-refractivity contribution is -0.138. The molecular formula is C37H38N4O4. The molecule has 3 aromatic carbocycles. The van der Waals surface area contributed by atoms with Gasteiger partial charge in [0.05, 0.1) is 23.7 Å². The van der Waals surface area contributed by atoms with E-state index >= 15 is 0 Å². The predicted molar refractivity (Wildman–Crippen MR) is 171 cm³/mol. The Morgan fingerprint density at radius 2 is 1.56 bits per heavy atom. The van der Waals surface area contributed by atoms with Crippen LogP contribution in [0.4, 0.5) is 10.5 Å². The maximum absolute atomic E-state index is 14.5. The average Bonchev–Trinajstić information content (AvgIpc) is 3.76. The van der Waals surface area contributed by atoms with Gasteiger partial charge in [-0.15, -0.1) is 0 Å². The van der Waals surface area contributed by atoms with Gasteiger partial charge < -0.3 is 20.3 Å². The summed E-state index contributed by atoms with van der Waals surface area (Å²) in [5.74, 6) is -0.247. The Balaban J connectivity index is 1.14. The van der Waals surface area contributed by atoms with E-state index in [1.165, 1.54) is 0 Å². The first-order valence-corrected chi connectivity index (χ1v) is 16.0. The number of para-hydroxylation sites is 1. The van der Waals surface area contributed by atoms with E-state index in [1.54, 1.807) is 22.9 Å². The number of hydrogen-bond donors (Lipinski definition) is 2. The van der Waals surface area contributed by atoms with Gasteiger partial charge in [-0.2, -0.15) is 0 Å². The number of amides is 2. The molecule has 1 saturated heterocycles. The van der Waals surface area contributed by atoms with E-state index in [2.05, 4.69) is 21.6 Å². The minimum atomic E-state index is -0.429. The van der Waals surface area contributed by atoms with Gasteiger partial charge in [0.1, 0.15) is 6.61 Å². The zero-order valence-corrected chi connectivity index (χ0v) is 25.2. The molecule has 0 unspecified atom stereocenters. The SMILES string of the molecule is O=C(N[C@@H]1CCCC[C@@H]1C(=O)N1CC[C@H]2[C@@H](c3cccn3C(=O)OCc3ccccc3)Nc3ccccc3[C@H]21)c1ccccc1. The number of ether oxygens (including phenoxy) is 1. The summed E-state index contributed by atoms with van der Waals surface area (Å²) in [4.78, 5) is 42.9. The van der Waals surface area contributed by atoms with Crippen LogP contribution in [-0.4, -0.2) is 40.0 Å². The number of fused-ring (bicyclic) bond motifs is 3. The highest BCUT2D eigenvalue weighted by Crippen LogP contribution is 2.52. The fourth-order valence-electron chi connectivity index (χ4n) is 7.52. The maximum atomic E-state index is 14.5. The normalized spacial score (nSPS) is 23.7. The number of rotatable bonds is 6. The van der Waals surface area contributed by atoms with Gasteiger partial charge in [-0.25, -0.2) is 4.79 Å². The Morgan fingerprint density at radius 3 is 2.38 bits per heavy atom. The first kappa shape index (κ1) is 28.9. The molecule has 8 heteroatoms. The standard InChI is InChI=1S/C37H38N4O4/c42-35(26-14-5-2-6-15-26)39-31-19-10-8-17-28(31)36(43)41-23-21-29-33(38-30-18-9-7-16-27(30)34(29)41)32-20-11-22-40(32)37(44)45-24-25-12-3-1-4-13-25/h1-7,9,11-16,18,20,22,28-29,31,33-34,38H,8,10,17,19,21,23-24H2,(H,39,42)/t28-,29-,31+,33-,34+/m0/s1. The molecule has 0 radical (unpaired) electrons. The number of carbonyl (C=O) groups is 3. The van der Waals surface area contributed by atoms with E-state index in [0.717, 1.165) is 54.6 Å². The van der Waals surface area contributed by atoms with Crippen LogP contribution < -0.4 is 10.6 Å². The minimum Gasteiger partial charge on any atom is -0.444 e. The number of carbonyl (C=O) groups excluding carboxylic acids is 3. The number of likely N-dealkylation sites (tertiary alicyclic amines) is 1. The van der Waals surface area contributed by atoms with Crippen molar-refractivity contribution in [3.05, 3.63) is 126 Å². The summed E-state index contributed by atoms with van der Waals surface area (Å²) in [6, 6.07) is 30.3. The molecule has 1 saturated carbocycles. The summed E-state index contributed by atoms with van der Waals surface area (Å²) in [5, 5.41) is 6.91. The van der Waals surface area contributed by atoms with E-state index in [-0.39, 0.29) is 48.4 Å². The largest absolute Gasteiger partial charge is 0.444 e. The molecule has 230 valence electrons. The molecule has 45 heavy (non-hydrogen) atoms. The van der Waals surface area contributed by atoms with Gasteiger partial charge in [0.25, 0.3) is 5.91 Å². The monoisotopic (exact) mass is 602 g/mol. The quantitative estimate of drug-likeness (QED) is 0.256. The Morgan fingerprint density at radius 1 is 0.822 bits per heavy atom. The molecule has 1 aliphatic carbocycles. The van der Waals surface area contributed by atoms with Gasteiger partial charge in [-0.1, -0.05) is 79.6 Å². The highest BCUT2D eigenvalue weighted by atomic mass is 16.5. The maximum Gasteiger partial charge on any atom is 0.418 e. The summed E-state index contributed by atoms with van der Waals surface area (Å²) in [6.45, 7) is 0.811. The van der Waals surface area contributed by atoms with Gasteiger partial charge in [0.15, 0.2) is 0 Å². The van der Waals surface area contributed by atoms with E-state index in [1.807, 2.05) is 78.9 Å². The van der Waals surface area contributed by atoms with Gasteiger partial charge in [-0.05, 0) is 60.7 Å². The number of nitrogens with one attached hydrogen (secondary N) is 2. The molecule has 2 amide bonds. The number of hydrogen-bond acceptors (Lipinski definition) is 5. The molecule has 2 aliphatic heterocycles. The molecule has 1 aromatic heterocycles. The van der Waals surface area contributed by atoms with E-state index in [0.29, 0.717) is 12.1 Å². The zero-order valence-electron chi connectivity index (χ0n) is 25.2. The van der Waals surface area contributed by atoms with Crippen LogP contribution in [0.25, 0.3) is 0 Å².